The van der Waals surface area contributed by atoms with Crippen LogP contribution in [0.4, 0.5) is 22.7 Å². The number of anilines is 1. The molecule has 2 aromatic carbocycles. The van der Waals surface area contributed by atoms with Gasteiger partial charge in [-0.2, -0.15) is 10.2 Å². The summed E-state index contributed by atoms with van der Waals surface area (Å²) in [5.74, 6) is 0. The van der Waals surface area contributed by atoms with Crippen LogP contribution in [0.2, 0.25) is 0 Å². The molecule has 0 atom stereocenters. The smallest absolute Gasteiger partial charge is 0.269 e. The highest BCUT2D eigenvalue weighted by molar-refractivity contribution is 5.53. The molecule has 3 rings (SSSR count). The zero-order chi connectivity index (χ0) is 24.6. The molecular weight excluding hydrogens is 456 g/mol. The Morgan fingerprint density at radius 1 is 0.600 bits per heavy atom. The Kier molecular flexibility index (Phi) is 12.1. The van der Waals surface area contributed by atoms with E-state index in [1.165, 1.54) is 12.1 Å². The van der Waals surface area contributed by atoms with Crippen LogP contribution in [-0.2, 0) is 23.7 Å². The van der Waals surface area contributed by atoms with Gasteiger partial charge in [0.15, 0.2) is 0 Å². The van der Waals surface area contributed by atoms with E-state index in [0.717, 1.165) is 5.69 Å². The first-order valence-electron chi connectivity index (χ1n) is 11.6. The van der Waals surface area contributed by atoms with Crippen LogP contribution in [0, 0.1) is 10.1 Å². The normalized spacial score (nSPS) is 18.1. The molecule has 0 amide bonds. The highest BCUT2D eigenvalue weighted by atomic mass is 16.6. The number of azo groups is 1. The van der Waals surface area contributed by atoms with Crippen LogP contribution >= 0.6 is 0 Å². The van der Waals surface area contributed by atoms with Gasteiger partial charge in [0.2, 0.25) is 0 Å². The summed E-state index contributed by atoms with van der Waals surface area (Å²) in [6, 6.07) is 13.6. The largest absolute Gasteiger partial charge is 0.377 e. The zero-order valence-corrected chi connectivity index (χ0v) is 19.8. The molecule has 1 aliphatic rings. The number of non-ortho nitro benzene ring substituents is 1. The fourth-order valence-corrected chi connectivity index (χ4v) is 3.19. The third-order valence-electron chi connectivity index (χ3n) is 5.06. The van der Waals surface area contributed by atoms with Gasteiger partial charge >= 0.3 is 0 Å². The van der Waals surface area contributed by atoms with Gasteiger partial charge in [0, 0.05) is 30.9 Å². The summed E-state index contributed by atoms with van der Waals surface area (Å²) in [7, 11) is 0. The topological polar surface area (TPSA) is 117 Å². The molecule has 0 aromatic heterocycles. The fourth-order valence-electron chi connectivity index (χ4n) is 3.19. The minimum atomic E-state index is -0.446. The first kappa shape index (κ1) is 26.6. The van der Waals surface area contributed by atoms with Gasteiger partial charge in [-0.15, -0.1) is 0 Å². The van der Waals surface area contributed by atoms with Crippen molar-refractivity contribution in [2.24, 2.45) is 10.2 Å². The lowest BCUT2D eigenvalue weighted by atomic mass is 10.2. The standard InChI is InChI=1S/C24H32N4O7/c29-28(30)24-7-3-22(4-8-24)26-25-21-1-5-23(6-2-21)27-9-11-31-13-15-33-17-19-35-20-18-34-16-14-32-12-10-27/h1-8H,9-20H2. The predicted molar refractivity (Wildman–Crippen MR) is 130 cm³/mol. The van der Waals surface area contributed by atoms with Gasteiger partial charge in [-0.1, -0.05) is 0 Å². The van der Waals surface area contributed by atoms with Crippen molar-refractivity contribution in [3.05, 3.63) is 58.6 Å². The molecule has 0 unspecified atom stereocenters. The van der Waals surface area contributed by atoms with Crippen LogP contribution in [0.1, 0.15) is 0 Å². The number of hydrogen-bond donors (Lipinski definition) is 0. The van der Waals surface area contributed by atoms with Crippen LogP contribution in [0.15, 0.2) is 58.8 Å². The molecule has 0 bridgehead atoms. The molecule has 11 nitrogen and oxygen atoms in total. The summed E-state index contributed by atoms with van der Waals surface area (Å²) < 4.78 is 27.9. The molecule has 0 spiro atoms. The predicted octanol–water partition coefficient (Wildman–Crippen LogP) is 3.91. The second-order valence-electron chi connectivity index (χ2n) is 7.54. The number of benzene rings is 2. The SMILES string of the molecule is O=[N+]([O-])c1ccc(N=Nc2ccc(N3CCOCCOCCOCCOCCOCC3)cc2)cc1. The second kappa shape index (κ2) is 15.8. The van der Waals surface area contributed by atoms with E-state index in [1.54, 1.807) is 12.1 Å². The van der Waals surface area contributed by atoms with E-state index in [0.29, 0.717) is 90.5 Å². The van der Waals surface area contributed by atoms with Gasteiger partial charge in [-0.3, -0.25) is 10.1 Å². The fraction of sp³-hybridized carbons (Fsp3) is 0.500. The molecule has 1 saturated heterocycles. The maximum absolute atomic E-state index is 10.8. The van der Waals surface area contributed by atoms with Crippen LogP contribution < -0.4 is 4.90 Å². The van der Waals surface area contributed by atoms with Crippen molar-refractivity contribution in [3.63, 3.8) is 0 Å². The van der Waals surface area contributed by atoms with E-state index in [9.17, 15) is 10.1 Å². The van der Waals surface area contributed by atoms with Crippen molar-refractivity contribution in [3.8, 4) is 0 Å². The Morgan fingerprint density at radius 2 is 0.971 bits per heavy atom. The van der Waals surface area contributed by atoms with Gasteiger partial charge in [-0.25, -0.2) is 0 Å². The lowest BCUT2D eigenvalue weighted by molar-refractivity contribution is -0.384. The van der Waals surface area contributed by atoms with Gasteiger partial charge < -0.3 is 28.6 Å². The molecule has 1 fully saturated rings. The van der Waals surface area contributed by atoms with E-state index >= 15 is 0 Å². The third kappa shape index (κ3) is 10.5. The van der Waals surface area contributed by atoms with Crippen molar-refractivity contribution in [1.29, 1.82) is 0 Å². The Hall–Kier alpha value is -2.96. The minimum Gasteiger partial charge on any atom is -0.377 e. The number of nitro benzene ring substituents is 1. The zero-order valence-electron chi connectivity index (χ0n) is 19.8. The van der Waals surface area contributed by atoms with Crippen LogP contribution in [0.3, 0.4) is 0 Å². The van der Waals surface area contributed by atoms with Crippen molar-refractivity contribution in [2.45, 2.75) is 0 Å². The summed E-state index contributed by atoms with van der Waals surface area (Å²) in [4.78, 5) is 12.5. The molecule has 11 heteroatoms. The molecule has 0 aliphatic carbocycles. The molecule has 190 valence electrons. The van der Waals surface area contributed by atoms with Crippen LogP contribution in [0.5, 0.6) is 0 Å². The first-order valence-corrected chi connectivity index (χ1v) is 11.6. The molecule has 1 heterocycles. The minimum absolute atomic E-state index is 0.0187. The van der Waals surface area contributed by atoms with E-state index in [2.05, 4.69) is 15.1 Å². The molecule has 0 N–H and O–H groups in total. The molecule has 35 heavy (non-hydrogen) atoms. The van der Waals surface area contributed by atoms with E-state index < -0.39 is 4.92 Å². The monoisotopic (exact) mass is 488 g/mol. The summed E-state index contributed by atoms with van der Waals surface area (Å²) in [5, 5.41) is 19.1. The van der Waals surface area contributed by atoms with Gasteiger partial charge in [-0.05, 0) is 36.4 Å². The van der Waals surface area contributed by atoms with Gasteiger partial charge in [0.05, 0.1) is 82.4 Å². The maximum Gasteiger partial charge on any atom is 0.269 e. The van der Waals surface area contributed by atoms with E-state index in [1.807, 2.05) is 24.3 Å². The van der Waals surface area contributed by atoms with Crippen LogP contribution in [-0.4, -0.2) is 84.1 Å². The number of nitro groups is 1. The molecular formula is C24H32N4O7. The summed E-state index contributed by atoms with van der Waals surface area (Å²) >= 11 is 0. The quantitative estimate of drug-likeness (QED) is 0.361. The van der Waals surface area contributed by atoms with Crippen molar-refractivity contribution >= 4 is 22.7 Å². The first-order chi connectivity index (χ1) is 17.2. The Balaban J connectivity index is 1.54. The Labute approximate surface area is 204 Å². The summed E-state index contributed by atoms with van der Waals surface area (Å²) in [6.45, 7) is 6.77. The van der Waals surface area contributed by atoms with E-state index in [-0.39, 0.29) is 5.69 Å². The maximum atomic E-state index is 10.8. The van der Waals surface area contributed by atoms with Gasteiger partial charge in [0.1, 0.15) is 0 Å². The number of hydrogen-bond acceptors (Lipinski definition) is 10. The van der Waals surface area contributed by atoms with Crippen molar-refractivity contribution < 1.29 is 28.6 Å². The highest BCUT2D eigenvalue weighted by Crippen LogP contribution is 2.23. The Morgan fingerprint density at radius 3 is 1.37 bits per heavy atom. The number of ether oxygens (including phenoxy) is 5. The number of rotatable bonds is 4. The Bertz CT molecular complexity index is 876. The second-order valence-corrected chi connectivity index (χ2v) is 7.54. The molecule has 1 aliphatic heterocycles. The summed E-state index contributed by atoms with van der Waals surface area (Å²) in [6.07, 6.45) is 0. The average Bonchev–Trinajstić information content (AvgIpc) is 2.88. The summed E-state index contributed by atoms with van der Waals surface area (Å²) in [5.41, 5.74) is 2.26. The lowest BCUT2D eigenvalue weighted by Crippen LogP contribution is -2.31. The average molecular weight is 489 g/mol. The van der Waals surface area contributed by atoms with Crippen molar-refractivity contribution in [1.82, 2.24) is 0 Å². The van der Waals surface area contributed by atoms with Gasteiger partial charge in [0.25, 0.3) is 5.69 Å². The molecule has 0 radical (unpaired) electrons. The highest BCUT2D eigenvalue weighted by Gasteiger charge is 2.08. The third-order valence-corrected chi connectivity index (χ3v) is 5.06. The van der Waals surface area contributed by atoms with Crippen molar-refractivity contribution in [2.75, 3.05) is 84.1 Å². The van der Waals surface area contributed by atoms with Crippen LogP contribution in [0.25, 0.3) is 0 Å². The molecule has 2 aromatic rings. The molecule has 0 saturated carbocycles. The number of nitrogens with zero attached hydrogens (tertiary/aromatic N) is 4. The lowest BCUT2D eigenvalue weighted by Gasteiger charge is -2.25. The van der Waals surface area contributed by atoms with E-state index in [4.69, 9.17) is 23.7 Å².